The number of ether oxygens (including phenoxy) is 1. The summed E-state index contributed by atoms with van der Waals surface area (Å²) in [4.78, 5) is 4.49. The monoisotopic (exact) mass is 257 g/mol. The lowest BCUT2D eigenvalue weighted by Gasteiger charge is -2.05. The van der Waals surface area contributed by atoms with Crippen molar-refractivity contribution < 1.29 is 9.26 Å². The van der Waals surface area contributed by atoms with Gasteiger partial charge in [-0.05, 0) is 24.5 Å². The molecular weight excluding hydrogens is 242 g/mol. The summed E-state index contributed by atoms with van der Waals surface area (Å²) < 4.78 is 11.0. The molecule has 0 aliphatic carbocycles. The molecule has 98 valence electrons. The molecule has 2 aliphatic rings. The molecule has 1 saturated heterocycles. The number of aromatic nitrogens is 2. The van der Waals surface area contributed by atoms with Crippen LogP contribution in [0.4, 0.5) is 5.69 Å². The van der Waals surface area contributed by atoms with Crippen LogP contribution in [0.3, 0.4) is 0 Å². The van der Waals surface area contributed by atoms with E-state index < -0.39 is 0 Å². The predicted molar refractivity (Wildman–Crippen MR) is 68.7 cm³/mol. The van der Waals surface area contributed by atoms with E-state index in [1.54, 1.807) is 0 Å². The van der Waals surface area contributed by atoms with Crippen LogP contribution in [-0.4, -0.2) is 16.7 Å². The molecule has 5 heteroatoms. The summed E-state index contributed by atoms with van der Waals surface area (Å²) >= 11 is 0. The van der Waals surface area contributed by atoms with Gasteiger partial charge in [-0.3, -0.25) is 0 Å². The number of para-hydroxylation sites is 1. The Hall–Kier alpha value is -1.88. The van der Waals surface area contributed by atoms with Crippen LogP contribution in [0.2, 0.25) is 0 Å². The van der Waals surface area contributed by atoms with E-state index in [1.165, 1.54) is 5.56 Å². The van der Waals surface area contributed by atoms with E-state index >= 15 is 0 Å². The second-order valence-electron chi connectivity index (χ2n) is 5.05. The zero-order valence-corrected chi connectivity index (χ0v) is 10.5. The molecule has 0 radical (unpaired) electrons. The minimum Gasteiger partial charge on any atom is -0.373 e. The number of hydrogen-bond acceptors (Lipinski definition) is 5. The first-order chi connectivity index (χ1) is 9.40. The summed E-state index contributed by atoms with van der Waals surface area (Å²) in [7, 11) is 0. The summed E-state index contributed by atoms with van der Waals surface area (Å²) in [5.74, 6) is 1.34. The quantitative estimate of drug-likeness (QED) is 0.896. The Morgan fingerprint density at radius 1 is 1.26 bits per heavy atom. The normalized spacial score (nSPS) is 25.3. The number of nitrogens with one attached hydrogen (secondary N) is 1. The van der Waals surface area contributed by atoms with Crippen LogP contribution >= 0.6 is 0 Å². The Labute approximate surface area is 111 Å². The fraction of sp³-hybridized carbons (Fsp3) is 0.429. The third-order valence-corrected chi connectivity index (χ3v) is 3.74. The van der Waals surface area contributed by atoms with E-state index in [-0.39, 0.29) is 12.1 Å². The summed E-state index contributed by atoms with van der Waals surface area (Å²) in [6.45, 7) is 0.793. The number of rotatable bonds is 2. The maximum atomic E-state index is 5.57. The van der Waals surface area contributed by atoms with Crippen LogP contribution in [0.1, 0.15) is 42.3 Å². The Kier molecular flexibility index (Phi) is 2.51. The highest BCUT2D eigenvalue weighted by Crippen LogP contribution is 2.34. The Morgan fingerprint density at radius 3 is 3.05 bits per heavy atom. The van der Waals surface area contributed by atoms with Gasteiger partial charge in [-0.2, -0.15) is 4.98 Å². The first kappa shape index (κ1) is 11.0. The third-order valence-electron chi connectivity index (χ3n) is 3.74. The maximum absolute atomic E-state index is 5.57. The van der Waals surface area contributed by atoms with Crippen LogP contribution in [0.15, 0.2) is 28.8 Å². The number of anilines is 1. The lowest BCUT2D eigenvalue weighted by molar-refractivity contribution is 0.103. The first-order valence-corrected chi connectivity index (χ1v) is 6.70. The molecule has 2 unspecified atom stereocenters. The molecule has 5 nitrogen and oxygen atoms in total. The van der Waals surface area contributed by atoms with Crippen molar-refractivity contribution in [3.63, 3.8) is 0 Å². The van der Waals surface area contributed by atoms with Gasteiger partial charge in [0.2, 0.25) is 11.7 Å². The minimum absolute atomic E-state index is 0.0151. The third kappa shape index (κ3) is 1.90. The lowest BCUT2D eigenvalue weighted by atomic mass is 10.1. The average molecular weight is 257 g/mol. The number of hydrogen-bond donors (Lipinski definition) is 1. The van der Waals surface area contributed by atoms with E-state index in [0.717, 1.165) is 31.6 Å². The second-order valence-corrected chi connectivity index (χ2v) is 5.05. The first-order valence-electron chi connectivity index (χ1n) is 6.70. The smallest absolute Gasteiger partial charge is 0.249 e. The molecule has 3 heterocycles. The van der Waals surface area contributed by atoms with Crippen LogP contribution < -0.4 is 5.32 Å². The van der Waals surface area contributed by atoms with Crippen molar-refractivity contribution in [2.75, 3.05) is 11.9 Å². The van der Waals surface area contributed by atoms with E-state index in [1.807, 2.05) is 6.07 Å². The fourth-order valence-corrected chi connectivity index (χ4v) is 2.75. The summed E-state index contributed by atoms with van der Waals surface area (Å²) in [6.07, 6.45) is 2.96. The molecular formula is C14H15N3O2. The van der Waals surface area contributed by atoms with Gasteiger partial charge in [-0.25, -0.2) is 0 Å². The van der Waals surface area contributed by atoms with Crippen molar-refractivity contribution in [1.82, 2.24) is 10.1 Å². The van der Waals surface area contributed by atoms with Gasteiger partial charge in [-0.1, -0.05) is 23.4 Å². The van der Waals surface area contributed by atoms with Crippen molar-refractivity contribution in [3.8, 4) is 0 Å². The number of fused-ring (bicyclic) bond motifs is 1. The molecule has 1 aromatic heterocycles. The van der Waals surface area contributed by atoms with Crippen LogP contribution in [-0.2, 0) is 11.2 Å². The molecule has 4 rings (SSSR count). The van der Waals surface area contributed by atoms with Crippen LogP contribution in [0, 0.1) is 0 Å². The van der Waals surface area contributed by atoms with Crippen molar-refractivity contribution >= 4 is 5.69 Å². The molecule has 2 atom stereocenters. The highest BCUT2D eigenvalue weighted by atomic mass is 16.5. The van der Waals surface area contributed by atoms with Gasteiger partial charge in [0, 0.05) is 18.7 Å². The number of benzene rings is 1. The molecule has 0 saturated carbocycles. The topological polar surface area (TPSA) is 60.2 Å². The Morgan fingerprint density at radius 2 is 2.21 bits per heavy atom. The maximum Gasteiger partial charge on any atom is 0.249 e. The van der Waals surface area contributed by atoms with Crippen molar-refractivity contribution in [3.05, 3.63) is 41.5 Å². The second kappa shape index (κ2) is 4.35. The molecule has 1 fully saturated rings. The molecule has 1 aromatic carbocycles. The Balaban J connectivity index is 1.55. The zero-order valence-electron chi connectivity index (χ0n) is 10.5. The van der Waals surface area contributed by atoms with Crippen LogP contribution in [0.5, 0.6) is 0 Å². The van der Waals surface area contributed by atoms with Crippen molar-refractivity contribution in [2.24, 2.45) is 0 Å². The van der Waals surface area contributed by atoms with Gasteiger partial charge in [0.25, 0.3) is 0 Å². The highest BCUT2D eigenvalue weighted by molar-refractivity contribution is 5.56. The zero-order chi connectivity index (χ0) is 12.7. The standard InChI is InChI=1S/C14H15N3O2/c1-2-5-10-9(4-1)8-11(15-10)14-16-13(17-19-14)12-6-3-7-18-12/h1-2,4-5,11-12,15H,3,6-8H2. The lowest BCUT2D eigenvalue weighted by Crippen LogP contribution is -2.06. The summed E-state index contributed by atoms with van der Waals surface area (Å²) in [5, 5.41) is 7.47. The van der Waals surface area contributed by atoms with Gasteiger partial charge in [0.1, 0.15) is 12.1 Å². The Bertz CT molecular complexity index is 565. The number of nitrogens with zero attached hydrogens (tertiary/aromatic N) is 2. The molecule has 1 N–H and O–H groups in total. The minimum atomic E-state index is 0.0151. The average Bonchev–Trinajstić information content (AvgIpc) is 3.17. The highest BCUT2D eigenvalue weighted by Gasteiger charge is 2.29. The van der Waals surface area contributed by atoms with Gasteiger partial charge in [-0.15, -0.1) is 0 Å². The molecule has 0 bridgehead atoms. The summed E-state index contributed by atoms with van der Waals surface area (Å²) in [6, 6.07) is 8.36. The largest absolute Gasteiger partial charge is 0.373 e. The van der Waals surface area contributed by atoms with E-state index in [9.17, 15) is 0 Å². The molecule has 0 spiro atoms. The summed E-state index contributed by atoms with van der Waals surface area (Å²) in [5.41, 5.74) is 2.45. The van der Waals surface area contributed by atoms with Crippen molar-refractivity contribution in [1.29, 1.82) is 0 Å². The van der Waals surface area contributed by atoms with Crippen LogP contribution in [0.25, 0.3) is 0 Å². The molecule has 2 aliphatic heterocycles. The van der Waals surface area contributed by atoms with Crippen molar-refractivity contribution in [2.45, 2.75) is 31.4 Å². The van der Waals surface area contributed by atoms with E-state index in [2.05, 4.69) is 33.7 Å². The predicted octanol–water partition coefficient (Wildman–Crippen LogP) is 2.63. The van der Waals surface area contributed by atoms with Gasteiger partial charge >= 0.3 is 0 Å². The van der Waals surface area contributed by atoms with Gasteiger partial charge in [0.15, 0.2) is 0 Å². The van der Waals surface area contributed by atoms with Gasteiger partial charge < -0.3 is 14.6 Å². The molecule has 0 amide bonds. The van der Waals surface area contributed by atoms with E-state index in [4.69, 9.17) is 9.26 Å². The fourth-order valence-electron chi connectivity index (χ4n) is 2.75. The molecule has 2 aromatic rings. The molecule has 19 heavy (non-hydrogen) atoms. The SMILES string of the molecule is c1ccc2c(c1)CC(c1nc(C3CCCO3)no1)N2. The van der Waals surface area contributed by atoms with E-state index in [0.29, 0.717) is 11.7 Å². The van der Waals surface area contributed by atoms with Gasteiger partial charge in [0.05, 0.1) is 0 Å².